The van der Waals surface area contributed by atoms with Crippen LogP contribution in [0.5, 0.6) is 0 Å². The molecule has 2 aromatic rings. The van der Waals surface area contributed by atoms with Crippen LogP contribution in [-0.4, -0.2) is 16.7 Å². The van der Waals surface area contributed by atoms with Gasteiger partial charge in [0.1, 0.15) is 12.5 Å². The maximum Gasteiger partial charge on any atom is 0.222 e. The topological polar surface area (TPSA) is 99.1 Å². The van der Waals surface area contributed by atoms with E-state index in [0.717, 1.165) is 11.3 Å². The maximum atomic E-state index is 5.63. The average Bonchev–Trinajstić information content (AvgIpc) is 2.37. The molecule has 0 aliphatic rings. The quantitative estimate of drug-likeness (QED) is 0.536. The van der Waals surface area contributed by atoms with Crippen molar-refractivity contribution in [2.45, 2.75) is 0 Å². The van der Waals surface area contributed by atoms with Crippen LogP contribution in [-0.2, 0) is 4.84 Å². The molecule has 0 atom stereocenters. The van der Waals surface area contributed by atoms with Gasteiger partial charge < -0.3 is 11.1 Å². The van der Waals surface area contributed by atoms with Crippen LogP contribution in [0.4, 0.5) is 11.8 Å². The van der Waals surface area contributed by atoms with Gasteiger partial charge >= 0.3 is 0 Å². The fraction of sp³-hybridized carbons (Fsp3) is 0.0909. The van der Waals surface area contributed by atoms with Crippen LogP contribution in [0.25, 0.3) is 11.3 Å². The number of rotatable bonds is 4. The van der Waals surface area contributed by atoms with Gasteiger partial charge in [0.2, 0.25) is 5.95 Å². The number of anilines is 2. The van der Waals surface area contributed by atoms with E-state index < -0.39 is 0 Å². The van der Waals surface area contributed by atoms with Crippen molar-refractivity contribution in [2.75, 3.05) is 17.8 Å². The first kappa shape index (κ1) is 11.3. The van der Waals surface area contributed by atoms with Gasteiger partial charge in [0.05, 0.1) is 5.69 Å². The molecule has 5 N–H and O–H groups in total. The molecular formula is C11H13N5O. The third-order valence-electron chi connectivity index (χ3n) is 2.15. The van der Waals surface area contributed by atoms with Crippen LogP contribution in [0, 0.1) is 0 Å². The molecule has 0 radical (unpaired) electrons. The van der Waals surface area contributed by atoms with Crippen LogP contribution in [0.3, 0.4) is 0 Å². The zero-order chi connectivity index (χ0) is 12.1. The van der Waals surface area contributed by atoms with Crippen molar-refractivity contribution in [3.8, 4) is 11.3 Å². The van der Waals surface area contributed by atoms with E-state index in [2.05, 4.69) is 20.1 Å². The van der Waals surface area contributed by atoms with Crippen molar-refractivity contribution < 1.29 is 4.84 Å². The predicted octanol–water partition coefficient (Wildman–Crippen LogP) is 0.985. The summed E-state index contributed by atoms with van der Waals surface area (Å²) in [4.78, 5) is 12.6. The Kier molecular flexibility index (Phi) is 3.49. The van der Waals surface area contributed by atoms with E-state index in [-0.39, 0.29) is 12.7 Å². The van der Waals surface area contributed by atoms with Gasteiger partial charge in [0, 0.05) is 11.6 Å². The van der Waals surface area contributed by atoms with Gasteiger partial charge in [0.25, 0.3) is 0 Å². The second-order valence-corrected chi connectivity index (χ2v) is 3.35. The fourth-order valence-electron chi connectivity index (χ4n) is 1.43. The fourth-order valence-corrected chi connectivity index (χ4v) is 1.43. The summed E-state index contributed by atoms with van der Waals surface area (Å²) in [6.07, 6.45) is 0. The highest BCUT2D eigenvalue weighted by molar-refractivity contribution is 5.63. The van der Waals surface area contributed by atoms with Gasteiger partial charge in [-0.25, -0.2) is 10.9 Å². The molecule has 0 saturated heterocycles. The summed E-state index contributed by atoms with van der Waals surface area (Å²) in [6.45, 7) is 0.157. The Morgan fingerprint density at radius 1 is 1.18 bits per heavy atom. The van der Waals surface area contributed by atoms with E-state index in [4.69, 9.17) is 11.6 Å². The van der Waals surface area contributed by atoms with E-state index >= 15 is 0 Å². The molecule has 0 spiro atoms. The van der Waals surface area contributed by atoms with Crippen LogP contribution >= 0.6 is 0 Å². The molecule has 0 fully saturated rings. The van der Waals surface area contributed by atoms with Crippen LogP contribution in [0.1, 0.15) is 0 Å². The predicted molar refractivity (Wildman–Crippen MR) is 65.6 cm³/mol. The van der Waals surface area contributed by atoms with Gasteiger partial charge in [-0.3, -0.25) is 4.84 Å². The smallest absolute Gasteiger partial charge is 0.222 e. The highest BCUT2D eigenvalue weighted by Crippen LogP contribution is 2.19. The second kappa shape index (κ2) is 5.24. The monoisotopic (exact) mass is 231 g/mol. The number of aromatic nitrogens is 2. The number of hydrogen-bond acceptors (Lipinski definition) is 6. The van der Waals surface area contributed by atoms with E-state index in [1.807, 2.05) is 30.3 Å². The van der Waals surface area contributed by atoms with E-state index in [9.17, 15) is 0 Å². The molecule has 2 rings (SSSR count). The van der Waals surface area contributed by atoms with Gasteiger partial charge in [0.15, 0.2) is 0 Å². The molecule has 0 aliphatic heterocycles. The first-order valence-electron chi connectivity index (χ1n) is 5.05. The van der Waals surface area contributed by atoms with Crippen LogP contribution < -0.4 is 16.9 Å². The lowest BCUT2D eigenvalue weighted by atomic mass is 10.1. The zero-order valence-corrected chi connectivity index (χ0v) is 9.13. The summed E-state index contributed by atoms with van der Waals surface area (Å²) in [5.74, 6) is 5.70. The summed E-state index contributed by atoms with van der Waals surface area (Å²) in [5, 5.41) is 2.87. The SMILES string of the molecule is NOCNc1cc(-c2ccccc2)nc(N)n1. The number of nitrogen functional groups attached to an aromatic ring is 1. The van der Waals surface area contributed by atoms with E-state index in [0.29, 0.717) is 5.82 Å². The summed E-state index contributed by atoms with van der Waals surface area (Å²) in [5.41, 5.74) is 7.35. The lowest BCUT2D eigenvalue weighted by Gasteiger charge is -2.07. The molecule has 1 aromatic heterocycles. The largest absolute Gasteiger partial charge is 0.368 e. The zero-order valence-electron chi connectivity index (χ0n) is 9.13. The first-order valence-corrected chi connectivity index (χ1v) is 5.05. The van der Waals surface area contributed by atoms with Crippen molar-refractivity contribution in [1.82, 2.24) is 9.97 Å². The minimum atomic E-state index is 0.157. The molecule has 88 valence electrons. The molecular weight excluding hydrogens is 218 g/mol. The number of nitrogens with zero attached hydrogens (tertiary/aromatic N) is 2. The van der Waals surface area contributed by atoms with Crippen molar-refractivity contribution >= 4 is 11.8 Å². The summed E-state index contributed by atoms with van der Waals surface area (Å²) in [6, 6.07) is 11.5. The molecule has 6 nitrogen and oxygen atoms in total. The molecule has 6 heteroatoms. The van der Waals surface area contributed by atoms with Gasteiger partial charge in [-0.15, -0.1) is 0 Å². The van der Waals surface area contributed by atoms with E-state index in [1.165, 1.54) is 0 Å². The molecule has 0 bridgehead atoms. The lowest BCUT2D eigenvalue weighted by Crippen LogP contribution is -2.12. The lowest BCUT2D eigenvalue weighted by molar-refractivity contribution is 0.157. The van der Waals surface area contributed by atoms with Crippen LogP contribution in [0.15, 0.2) is 36.4 Å². The highest BCUT2D eigenvalue weighted by Gasteiger charge is 2.03. The standard InChI is InChI=1S/C11H13N5O/c12-11-15-9(8-4-2-1-3-5-8)6-10(16-11)14-7-17-13/h1-6H,7,13H2,(H3,12,14,15,16). The van der Waals surface area contributed by atoms with Crippen molar-refractivity contribution in [3.63, 3.8) is 0 Å². The molecule has 0 unspecified atom stereocenters. The Hall–Kier alpha value is -2.18. The van der Waals surface area contributed by atoms with Crippen LogP contribution in [0.2, 0.25) is 0 Å². The molecule has 0 saturated carbocycles. The van der Waals surface area contributed by atoms with Crippen molar-refractivity contribution in [3.05, 3.63) is 36.4 Å². The Balaban J connectivity index is 2.32. The Morgan fingerprint density at radius 3 is 2.65 bits per heavy atom. The summed E-state index contributed by atoms with van der Waals surface area (Å²) < 4.78 is 0. The molecule has 1 aromatic carbocycles. The molecule has 0 aliphatic carbocycles. The second-order valence-electron chi connectivity index (χ2n) is 3.35. The maximum absolute atomic E-state index is 5.63. The minimum Gasteiger partial charge on any atom is -0.368 e. The third-order valence-corrected chi connectivity index (χ3v) is 2.15. The summed E-state index contributed by atoms with van der Waals surface area (Å²) in [7, 11) is 0. The number of benzene rings is 1. The molecule has 0 amide bonds. The number of nitrogens with two attached hydrogens (primary N) is 2. The Morgan fingerprint density at radius 2 is 1.94 bits per heavy atom. The summed E-state index contributed by atoms with van der Waals surface area (Å²) >= 11 is 0. The normalized spacial score (nSPS) is 10.2. The first-order chi connectivity index (χ1) is 8.29. The number of hydrogen-bond donors (Lipinski definition) is 3. The van der Waals surface area contributed by atoms with Gasteiger partial charge in [-0.2, -0.15) is 4.98 Å². The van der Waals surface area contributed by atoms with Gasteiger partial charge in [-0.1, -0.05) is 30.3 Å². The molecule has 17 heavy (non-hydrogen) atoms. The average molecular weight is 231 g/mol. The molecule has 1 heterocycles. The third kappa shape index (κ3) is 2.90. The van der Waals surface area contributed by atoms with Crippen molar-refractivity contribution in [1.29, 1.82) is 0 Å². The highest BCUT2D eigenvalue weighted by atomic mass is 16.6. The van der Waals surface area contributed by atoms with Gasteiger partial charge in [-0.05, 0) is 0 Å². The Bertz CT molecular complexity index is 488. The van der Waals surface area contributed by atoms with E-state index in [1.54, 1.807) is 6.07 Å². The van der Waals surface area contributed by atoms with Crippen molar-refractivity contribution in [2.24, 2.45) is 5.90 Å². The minimum absolute atomic E-state index is 0.157. The Labute approximate surface area is 98.6 Å². The number of nitrogens with one attached hydrogen (secondary N) is 1.